The maximum atomic E-state index is 12.2. The maximum absolute atomic E-state index is 12.2. The van der Waals surface area contributed by atoms with Crippen molar-refractivity contribution in [3.8, 4) is 5.75 Å². The topological polar surface area (TPSA) is 142 Å². The van der Waals surface area contributed by atoms with E-state index in [9.17, 15) is 9.59 Å². The molecule has 52 heavy (non-hydrogen) atoms. The number of rotatable bonds is 10. The standard InChI is InChI=1S/C24H26BrN5O3.C13H11Br2N3O/c1-26-24(31)17-5-3-4-6-19(17)28-21-14-23(27-15-18(21)25)29-20-8-7-16(13-22(20)32-2)30-9-11-33-12-10-30;1-16-13(19)8-4-2-3-5-10(8)18-11-6-12(15)17-7-9(11)14/h3-8,13-15H,9-12H2,1-2H3,(H,26,31)(H2,27,28,29);2-7H,1H3,(H,16,19)(H,17,18). The number of benzene rings is 3. The molecule has 0 radical (unpaired) electrons. The molecule has 0 aliphatic carbocycles. The van der Waals surface area contributed by atoms with Gasteiger partial charge in [0.25, 0.3) is 11.8 Å². The number of aromatic nitrogens is 2. The third-order valence-corrected chi connectivity index (χ3v) is 9.54. The number of hydrogen-bond acceptors (Lipinski definition) is 10. The van der Waals surface area contributed by atoms with Crippen LogP contribution in [-0.4, -0.2) is 69.3 Å². The lowest BCUT2D eigenvalue weighted by molar-refractivity contribution is 0.0956. The smallest absolute Gasteiger partial charge is 0.253 e. The Bertz CT molecular complexity index is 2030. The van der Waals surface area contributed by atoms with Gasteiger partial charge in [-0.15, -0.1) is 0 Å². The number of carbonyl (C=O) groups excluding carboxylic acids is 2. The molecule has 1 aliphatic heterocycles. The monoisotopic (exact) mass is 894 g/mol. The zero-order chi connectivity index (χ0) is 37.0. The molecule has 0 atom stereocenters. The highest BCUT2D eigenvalue weighted by Gasteiger charge is 2.16. The van der Waals surface area contributed by atoms with Crippen molar-refractivity contribution in [3.63, 3.8) is 0 Å². The Balaban J connectivity index is 0.000000233. The number of nitrogens with one attached hydrogen (secondary N) is 5. The molecular formula is C37H37Br3N8O4. The Hall–Kier alpha value is -4.70. The molecule has 270 valence electrons. The molecule has 5 aromatic rings. The lowest BCUT2D eigenvalue weighted by Crippen LogP contribution is -2.36. The number of para-hydroxylation sites is 2. The third-order valence-electron chi connectivity index (χ3n) is 7.84. The van der Waals surface area contributed by atoms with Crippen LogP contribution in [0.3, 0.4) is 0 Å². The van der Waals surface area contributed by atoms with E-state index in [-0.39, 0.29) is 11.8 Å². The van der Waals surface area contributed by atoms with Gasteiger partial charge in [-0.05, 0) is 90.3 Å². The second kappa shape index (κ2) is 18.7. The van der Waals surface area contributed by atoms with Crippen molar-refractivity contribution in [2.75, 3.05) is 68.4 Å². The molecule has 3 heterocycles. The molecule has 0 unspecified atom stereocenters. The number of halogens is 3. The fourth-order valence-electron chi connectivity index (χ4n) is 5.19. The van der Waals surface area contributed by atoms with Crippen LogP contribution in [-0.2, 0) is 4.74 Å². The van der Waals surface area contributed by atoms with Crippen LogP contribution in [0.5, 0.6) is 5.75 Å². The molecule has 1 aliphatic rings. The average Bonchev–Trinajstić information content (AvgIpc) is 3.18. The van der Waals surface area contributed by atoms with Gasteiger partial charge in [0, 0.05) is 57.4 Å². The van der Waals surface area contributed by atoms with Crippen molar-refractivity contribution in [1.82, 2.24) is 20.6 Å². The molecule has 0 spiro atoms. The Kier molecular flexibility index (Phi) is 13.8. The van der Waals surface area contributed by atoms with Gasteiger partial charge in [0.15, 0.2) is 0 Å². The summed E-state index contributed by atoms with van der Waals surface area (Å²) in [4.78, 5) is 34.9. The van der Waals surface area contributed by atoms with Gasteiger partial charge in [-0.25, -0.2) is 9.97 Å². The highest BCUT2D eigenvalue weighted by atomic mass is 79.9. The molecule has 0 saturated carbocycles. The van der Waals surface area contributed by atoms with Gasteiger partial charge in [-0.3, -0.25) is 9.59 Å². The highest BCUT2D eigenvalue weighted by Crippen LogP contribution is 2.35. The Morgan fingerprint density at radius 3 is 1.83 bits per heavy atom. The summed E-state index contributed by atoms with van der Waals surface area (Å²) in [5.41, 5.74) is 6.08. The Morgan fingerprint density at radius 1 is 0.692 bits per heavy atom. The van der Waals surface area contributed by atoms with E-state index in [1.165, 1.54) is 0 Å². The summed E-state index contributed by atoms with van der Waals surface area (Å²) in [6.45, 7) is 3.17. The van der Waals surface area contributed by atoms with Crippen LogP contribution in [0.25, 0.3) is 0 Å². The highest BCUT2D eigenvalue weighted by molar-refractivity contribution is 9.11. The fourth-order valence-corrected chi connectivity index (χ4v) is 6.15. The van der Waals surface area contributed by atoms with E-state index in [0.717, 1.165) is 74.0 Å². The van der Waals surface area contributed by atoms with E-state index in [1.54, 1.807) is 45.7 Å². The largest absolute Gasteiger partial charge is 0.494 e. The van der Waals surface area contributed by atoms with Crippen molar-refractivity contribution < 1.29 is 19.1 Å². The summed E-state index contributed by atoms with van der Waals surface area (Å²) in [6, 6.07) is 24.4. The van der Waals surface area contributed by atoms with Gasteiger partial charge in [0.2, 0.25) is 0 Å². The molecular weight excluding hydrogens is 860 g/mol. The summed E-state index contributed by atoms with van der Waals surface area (Å²) in [5.74, 6) is 1.07. The summed E-state index contributed by atoms with van der Waals surface area (Å²) in [5, 5.41) is 15.2. The molecule has 2 amide bonds. The average molecular weight is 897 g/mol. The van der Waals surface area contributed by atoms with Gasteiger partial charge in [0.1, 0.15) is 16.2 Å². The predicted octanol–water partition coefficient (Wildman–Crippen LogP) is 8.25. The number of nitrogens with zero attached hydrogens (tertiary/aromatic N) is 3. The molecule has 1 saturated heterocycles. The first kappa shape index (κ1) is 38.5. The van der Waals surface area contributed by atoms with Crippen molar-refractivity contribution in [1.29, 1.82) is 0 Å². The summed E-state index contributed by atoms with van der Waals surface area (Å²) in [7, 11) is 4.88. The quantitative estimate of drug-likeness (QED) is 0.0871. The van der Waals surface area contributed by atoms with Crippen LogP contribution in [0.15, 0.2) is 105 Å². The molecule has 3 aromatic carbocycles. The molecule has 2 aromatic heterocycles. The van der Waals surface area contributed by atoms with Gasteiger partial charge in [-0.1, -0.05) is 24.3 Å². The number of pyridine rings is 2. The van der Waals surface area contributed by atoms with E-state index >= 15 is 0 Å². The number of morpholine rings is 1. The number of amides is 2. The molecule has 1 fully saturated rings. The maximum Gasteiger partial charge on any atom is 0.253 e. The van der Waals surface area contributed by atoms with Crippen LogP contribution in [0.2, 0.25) is 0 Å². The summed E-state index contributed by atoms with van der Waals surface area (Å²) in [6.07, 6.45) is 3.40. The van der Waals surface area contributed by atoms with E-state index in [0.29, 0.717) is 22.6 Å². The van der Waals surface area contributed by atoms with Crippen molar-refractivity contribution >= 4 is 99.5 Å². The molecule has 12 nitrogen and oxygen atoms in total. The molecule has 5 N–H and O–H groups in total. The molecule has 15 heteroatoms. The number of methoxy groups -OCH3 is 1. The van der Waals surface area contributed by atoms with Crippen LogP contribution in [0, 0.1) is 0 Å². The number of carbonyl (C=O) groups is 2. The van der Waals surface area contributed by atoms with Crippen molar-refractivity contribution in [2.45, 2.75) is 0 Å². The van der Waals surface area contributed by atoms with Crippen molar-refractivity contribution in [2.24, 2.45) is 0 Å². The lowest BCUT2D eigenvalue weighted by atomic mass is 10.1. The van der Waals surface area contributed by atoms with Crippen LogP contribution in [0.4, 0.5) is 39.9 Å². The second-order valence-corrected chi connectivity index (χ2v) is 13.7. The molecule has 6 rings (SSSR count). The first-order valence-electron chi connectivity index (χ1n) is 16.1. The summed E-state index contributed by atoms with van der Waals surface area (Å²) >= 11 is 10.3. The fraction of sp³-hybridized carbons (Fsp3) is 0.189. The van der Waals surface area contributed by atoms with Gasteiger partial charge < -0.3 is 41.0 Å². The van der Waals surface area contributed by atoms with E-state index in [2.05, 4.69) is 95.3 Å². The van der Waals surface area contributed by atoms with Crippen LogP contribution < -0.4 is 36.2 Å². The van der Waals surface area contributed by atoms with E-state index in [4.69, 9.17) is 9.47 Å². The van der Waals surface area contributed by atoms with E-state index < -0.39 is 0 Å². The lowest BCUT2D eigenvalue weighted by Gasteiger charge is -2.29. The van der Waals surface area contributed by atoms with Gasteiger partial charge in [0.05, 0.1) is 68.8 Å². The Morgan fingerprint density at radius 2 is 1.25 bits per heavy atom. The summed E-state index contributed by atoms with van der Waals surface area (Å²) < 4.78 is 13.4. The first-order valence-corrected chi connectivity index (χ1v) is 18.5. The Labute approximate surface area is 327 Å². The number of hydrogen-bond donors (Lipinski definition) is 5. The third kappa shape index (κ3) is 10.00. The second-order valence-electron chi connectivity index (χ2n) is 11.1. The first-order chi connectivity index (χ1) is 25.2. The molecule has 0 bridgehead atoms. The number of anilines is 7. The van der Waals surface area contributed by atoms with E-state index in [1.807, 2.05) is 60.7 Å². The zero-order valence-electron chi connectivity index (χ0n) is 28.6. The van der Waals surface area contributed by atoms with Gasteiger partial charge >= 0.3 is 0 Å². The van der Waals surface area contributed by atoms with Gasteiger partial charge in [-0.2, -0.15) is 0 Å². The van der Waals surface area contributed by atoms with Crippen LogP contribution >= 0.6 is 47.8 Å². The predicted molar refractivity (Wildman–Crippen MR) is 217 cm³/mol. The zero-order valence-corrected chi connectivity index (χ0v) is 33.4. The van der Waals surface area contributed by atoms with Crippen molar-refractivity contribution in [3.05, 3.63) is 116 Å². The number of ether oxygens (including phenoxy) is 2. The van der Waals surface area contributed by atoms with Crippen LogP contribution in [0.1, 0.15) is 20.7 Å². The minimum atomic E-state index is -0.160. The minimum absolute atomic E-state index is 0.132. The SMILES string of the molecule is CNC(=O)c1ccccc1Nc1cc(Br)ncc1Br.CNC(=O)c1ccccc1Nc1cc(Nc2ccc(N3CCOCC3)cc2OC)ncc1Br. The normalized spacial score (nSPS) is 12.2. The minimum Gasteiger partial charge on any atom is -0.494 e.